The molecular formula is C11H13FO4. The molecule has 88 valence electrons. The topological polar surface area (TPSA) is 66.8 Å². The van der Waals surface area contributed by atoms with E-state index >= 15 is 0 Å². The minimum Gasteiger partial charge on any atom is -0.508 e. The lowest BCUT2D eigenvalue weighted by molar-refractivity contribution is -0.137. The minimum absolute atomic E-state index is 0.00922. The summed E-state index contributed by atoms with van der Waals surface area (Å²) in [5.41, 5.74) is 0.362. The molecule has 16 heavy (non-hydrogen) atoms. The van der Waals surface area contributed by atoms with Crippen molar-refractivity contribution in [3.05, 3.63) is 23.5 Å². The Morgan fingerprint density at radius 1 is 1.56 bits per heavy atom. The minimum atomic E-state index is -0.977. The molecule has 0 saturated carbocycles. The monoisotopic (exact) mass is 228 g/mol. The lowest BCUT2D eigenvalue weighted by Crippen LogP contribution is -2.04. The van der Waals surface area contributed by atoms with Crippen LogP contribution in [0.5, 0.6) is 11.5 Å². The zero-order chi connectivity index (χ0) is 12.3. The molecule has 2 N–H and O–H groups in total. The van der Waals surface area contributed by atoms with Gasteiger partial charge in [0.05, 0.1) is 13.5 Å². The number of rotatable bonds is 4. The van der Waals surface area contributed by atoms with Crippen LogP contribution in [0.2, 0.25) is 0 Å². The van der Waals surface area contributed by atoms with Gasteiger partial charge in [-0.15, -0.1) is 0 Å². The van der Waals surface area contributed by atoms with Gasteiger partial charge in [-0.25, -0.2) is 4.39 Å². The van der Waals surface area contributed by atoms with Crippen LogP contribution in [0.25, 0.3) is 0 Å². The SMILES string of the molecule is COc1cc(C(C)CC(=O)O)c(O)cc1F. The number of phenols is 1. The quantitative estimate of drug-likeness (QED) is 0.828. The molecule has 5 heteroatoms. The lowest BCUT2D eigenvalue weighted by Gasteiger charge is -2.13. The van der Waals surface area contributed by atoms with Gasteiger partial charge in [-0.3, -0.25) is 4.79 Å². The van der Waals surface area contributed by atoms with Crippen molar-refractivity contribution in [1.29, 1.82) is 0 Å². The second-order valence-corrected chi connectivity index (χ2v) is 3.54. The van der Waals surface area contributed by atoms with E-state index in [1.165, 1.54) is 13.2 Å². The Balaban J connectivity index is 3.08. The van der Waals surface area contributed by atoms with E-state index in [1.54, 1.807) is 6.92 Å². The summed E-state index contributed by atoms with van der Waals surface area (Å²) in [5.74, 6) is -2.33. The van der Waals surface area contributed by atoms with Crippen LogP contribution < -0.4 is 4.74 Å². The van der Waals surface area contributed by atoms with Crippen LogP contribution in [-0.4, -0.2) is 23.3 Å². The van der Waals surface area contributed by atoms with Crippen LogP contribution >= 0.6 is 0 Å². The van der Waals surface area contributed by atoms with E-state index < -0.39 is 17.7 Å². The van der Waals surface area contributed by atoms with Crippen molar-refractivity contribution in [2.24, 2.45) is 0 Å². The fourth-order valence-corrected chi connectivity index (χ4v) is 1.48. The lowest BCUT2D eigenvalue weighted by atomic mass is 9.96. The van der Waals surface area contributed by atoms with Gasteiger partial charge in [0.2, 0.25) is 0 Å². The third kappa shape index (κ3) is 2.62. The van der Waals surface area contributed by atoms with Gasteiger partial charge in [0, 0.05) is 11.6 Å². The number of carboxylic acid groups (broad SMARTS) is 1. The third-order valence-electron chi connectivity index (χ3n) is 2.31. The first-order valence-corrected chi connectivity index (χ1v) is 4.74. The summed E-state index contributed by atoms with van der Waals surface area (Å²) in [6.07, 6.45) is -0.137. The Labute approximate surface area is 92.3 Å². The van der Waals surface area contributed by atoms with Crippen LogP contribution in [-0.2, 0) is 4.79 Å². The second-order valence-electron chi connectivity index (χ2n) is 3.54. The number of benzene rings is 1. The summed E-state index contributed by atoms with van der Waals surface area (Å²) in [6, 6.07) is 2.24. The van der Waals surface area contributed by atoms with Crippen molar-refractivity contribution in [2.45, 2.75) is 19.3 Å². The Morgan fingerprint density at radius 2 is 2.19 bits per heavy atom. The van der Waals surface area contributed by atoms with Crippen molar-refractivity contribution in [3.8, 4) is 11.5 Å². The van der Waals surface area contributed by atoms with Gasteiger partial charge in [-0.1, -0.05) is 6.92 Å². The normalized spacial score (nSPS) is 12.2. The van der Waals surface area contributed by atoms with Crippen LogP contribution in [0.15, 0.2) is 12.1 Å². The second kappa shape index (κ2) is 4.83. The molecule has 0 aliphatic heterocycles. The van der Waals surface area contributed by atoms with Crippen molar-refractivity contribution in [1.82, 2.24) is 0 Å². The number of hydrogen-bond donors (Lipinski definition) is 2. The molecule has 1 aromatic carbocycles. The molecule has 1 aromatic rings. The van der Waals surface area contributed by atoms with Crippen molar-refractivity contribution < 1.29 is 24.1 Å². The molecule has 1 unspecified atom stereocenters. The maximum atomic E-state index is 13.2. The first kappa shape index (κ1) is 12.3. The molecule has 0 radical (unpaired) electrons. The predicted octanol–water partition coefficient (Wildman–Crippen LogP) is 2.12. The van der Waals surface area contributed by atoms with Gasteiger partial charge in [0.25, 0.3) is 0 Å². The summed E-state index contributed by atoms with van der Waals surface area (Å²) in [5, 5.41) is 18.1. The van der Waals surface area contributed by atoms with E-state index in [0.717, 1.165) is 6.07 Å². The average Bonchev–Trinajstić information content (AvgIpc) is 2.16. The molecule has 0 aliphatic carbocycles. The number of halogens is 1. The van der Waals surface area contributed by atoms with E-state index in [1.807, 2.05) is 0 Å². The smallest absolute Gasteiger partial charge is 0.303 e. The standard InChI is InChI=1S/C11H13FO4/c1-6(3-11(14)15)7-4-10(16-2)8(12)5-9(7)13/h4-6,13H,3H2,1-2H3,(H,14,15). The molecule has 0 aromatic heterocycles. The van der Waals surface area contributed by atoms with E-state index in [4.69, 9.17) is 9.84 Å². The largest absolute Gasteiger partial charge is 0.508 e. The van der Waals surface area contributed by atoms with Crippen LogP contribution in [0, 0.1) is 5.82 Å². The van der Waals surface area contributed by atoms with Crippen LogP contribution in [0.3, 0.4) is 0 Å². The highest BCUT2D eigenvalue weighted by molar-refractivity contribution is 5.68. The van der Waals surface area contributed by atoms with Gasteiger partial charge in [-0.05, 0) is 12.0 Å². The van der Waals surface area contributed by atoms with Gasteiger partial charge < -0.3 is 14.9 Å². The molecule has 0 fully saturated rings. The van der Waals surface area contributed by atoms with Gasteiger partial charge in [-0.2, -0.15) is 0 Å². The highest BCUT2D eigenvalue weighted by Crippen LogP contribution is 2.33. The van der Waals surface area contributed by atoms with Crippen LogP contribution in [0.1, 0.15) is 24.8 Å². The maximum Gasteiger partial charge on any atom is 0.303 e. The summed E-state index contributed by atoms with van der Waals surface area (Å²) >= 11 is 0. The molecule has 1 rings (SSSR count). The van der Waals surface area contributed by atoms with E-state index in [0.29, 0.717) is 5.56 Å². The highest BCUT2D eigenvalue weighted by atomic mass is 19.1. The van der Waals surface area contributed by atoms with E-state index in [-0.39, 0.29) is 17.9 Å². The average molecular weight is 228 g/mol. The molecule has 0 spiro atoms. The van der Waals surface area contributed by atoms with Crippen LogP contribution in [0.4, 0.5) is 4.39 Å². The third-order valence-corrected chi connectivity index (χ3v) is 2.31. The summed E-state index contributed by atoms with van der Waals surface area (Å²) in [6.45, 7) is 1.64. The van der Waals surface area contributed by atoms with Gasteiger partial charge in [0.1, 0.15) is 5.75 Å². The fourth-order valence-electron chi connectivity index (χ4n) is 1.48. The van der Waals surface area contributed by atoms with Gasteiger partial charge in [0.15, 0.2) is 11.6 Å². The fraction of sp³-hybridized carbons (Fsp3) is 0.364. The Kier molecular flexibility index (Phi) is 3.71. The number of phenolic OH excluding ortho intramolecular Hbond substituents is 1. The molecule has 1 atom stereocenters. The van der Waals surface area contributed by atoms with E-state index in [2.05, 4.69) is 0 Å². The van der Waals surface area contributed by atoms with Crippen molar-refractivity contribution in [3.63, 3.8) is 0 Å². The molecule has 0 bridgehead atoms. The highest BCUT2D eigenvalue weighted by Gasteiger charge is 2.17. The van der Waals surface area contributed by atoms with Crippen molar-refractivity contribution >= 4 is 5.97 Å². The van der Waals surface area contributed by atoms with E-state index in [9.17, 15) is 14.3 Å². The molecule has 0 aliphatic rings. The number of carboxylic acids is 1. The zero-order valence-corrected chi connectivity index (χ0v) is 9.03. The predicted molar refractivity (Wildman–Crippen MR) is 55.3 cm³/mol. The molecule has 4 nitrogen and oxygen atoms in total. The number of aromatic hydroxyl groups is 1. The summed E-state index contributed by atoms with van der Waals surface area (Å²) < 4.78 is 17.9. The van der Waals surface area contributed by atoms with Crippen molar-refractivity contribution in [2.75, 3.05) is 7.11 Å². The maximum absolute atomic E-state index is 13.2. The Morgan fingerprint density at radius 3 is 2.69 bits per heavy atom. The molecule has 0 amide bonds. The first-order chi connectivity index (χ1) is 7.45. The molecule has 0 heterocycles. The summed E-state index contributed by atoms with van der Waals surface area (Å²) in [7, 11) is 1.31. The molecule has 0 saturated heterocycles. The number of methoxy groups -OCH3 is 1. The number of hydrogen-bond acceptors (Lipinski definition) is 3. The Bertz CT molecular complexity index is 403. The van der Waals surface area contributed by atoms with Gasteiger partial charge >= 0.3 is 5.97 Å². The molecular weight excluding hydrogens is 215 g/mol. The zero-order valence-electron chi connectivity index (χ0n) is 9.03. The number of aliphatic carboxylic acids is 1. The number of carbonyl (C=O) groups is 1. The summed E-state index contributed by atoms with van der Waals surface area (Å²) in [4.78, 5) is 10.5. The number of ether oxygens (including phenoxy) is 1. The Hall–Kier alpha value is -1.78. The first-order valence-electron chi connectivity index (χ1n) is 4.74.